The Morgan fingerprint density at radius 1 is 1.03 bits per heavy atom. The monoisotopic (exact) mass is 525 g/mol. The van der Waals surface area contributed by atoms with Gasteiger partial charge < -0.3 is 34.1 Å². The third-order valence-corrected chi connectivity index (χ3v) is 6.79. The summed E-state index contributed by atoms with van der Waals surface area (Å²) in [7, 11) is 3.08. The zero-order valence-electron chi connectivity index (χ0n) is 21.4. The van der Waals surface area contributed by atoms with Gasteiger partial charge in [-0.15, -0.1) is 11.3 Å². The number of hydrogen-bond donors (Lipinski definition) is 1. The summed E-state index contributed by atoms with van der Waals surface area (Å²) in [4.78, 5) is 31.2. The molecule has 0 saturated carbocycles. The lowest BCUT2D eigenvalue weighted by atomic mass is 10.2. The Morgan fingerprint density at radius 3 is 2.54 bits per heavy atom. The molecule has 1 aromatic heterocycles. The predicted molar refractivity (Wildman–Crippen MR) is 142 cm³/mol. The van der Waals surface area contributed by atoms with E-state index in [0.29, 0.717) is 41.8 Å². The van der Waals surface area contributed by atoms with Crippen molar-refractivity contribution in [2.75, 3.05) is 32.9 Å². The van der Waals surface area contributed by atoms with Gasteiger partial charge in [-0.2, -0.15) is 0 Å². The highest BCUT2D eigenvalue weighted by Gasteiger charge is 2.25. The molecule has 0 saturated heterocycles. The second kappa shape index (κ2) is 11.9. The number of ether oxygens (including phenoxy) is 4. The number of carbonyl (C=O) groups excluding carboxylic acids is 2. The lowest BCUT2D eigenvalue weighted by Gasteiger charge is -2.30. The third-order valence-electron chi connectivity index (χ3n) is 5.93. The zero-order valence-corrected chi connectivity index (χ0v) is 22.2. The van der Waals surface area contributed by atoms with E-state index in [9.17, 15) is 9.59 Å². The molecule has 1 aliphatic rings. The van der Waals surface area contributed by atoms with Gasteiger partial charge in [0, 0.05) is 23.5 Å². The summed E-state index contributed by atoms with van der Waals surface area (Å²) in [6.45, 7) is 4.66. The summed E-state index contributed by atoms with van der Waals surface area (Å²) in [6, 6.07) is 14.1. The normalized spacial score (nSPS) is 11.8. The van der Waals surface area contributed by atoms with Crippen molar-refractivity contribution in [3.8, 4) is 23.0 Å². The van der Waals surface area contributed by atoms with Gasteiger partial charge in [0.25, 0.3) is 0 Å². The van der Waals surface area contributed by atoms with Crippen LogP contribution >= 0.6 is 11.3 Å². The first-order valence-corrected chi connectivity index (χ1v) is 12.7. The van der Waals surface area contributed by atoms with Crippen molar-refractivity contribution in [2.45, 2.75) is 33.0 Å². The van der Waals surface area contributed by atoms with Crippen LogP contribution in [0.15, 0.2) is 53.9 Å². The molecule has 37 heavy (non-hydrogen) atoms. The SMILES string of the molecule is COc1ccc(NC(=O)N(CC(=O)N(Cc2ccc3c(c2)OCO3)Cc2cccs2)C(C)C)c(OC)c1. The molecule has 1 N–H and O–H groups in total. The van der Waals surface area contributed by atoms with Crippen molar-refractivity contribution in [3.05, 3.63) is 64.4 Å². The van der Waals surface area contributed by atoms with Crippen LogP contribution in [0.1, 0.15) is 24.3 Å². The van der Waals surface area contributed by atoms with Gasteiger partial charge in [-0.1, -0.05) is 12.1 Å². The van der Waals surface area contributed by atoms with Crippen LogP contribution in [0.4, 0.5) is 10.5 Å². The number of nitrogens with one attached hydrogen (secondary N) is 1. The van der Waals surface area contributed by atoms with Gasteiger partial charge in [-0.25, -0.2) is 4.79 Å². The molecule has 0 radical (unpaired) electrons. The van der Waals surface area contributed by atoms with Crippen molar-refractivity contribution in [1.29, 1.82) is 0 Å². The predicted octanol–water partition coefficient (Wildman–Crippen LogP) is 4.97. The standard InChI is InChI=1S/C27H31N3O6S/c1-18(2)30(27(32)28-22-9-8-20(33-3)13-24(22)34-4)16-26(31)29(15-21-6-5-11-37-21)14-19-7-10-23-25(12-19)36-17-35-23/h5-13,18H,14-17H2,1-4H3,(H,28,32). The van der Waals surface area contributed by atoms with E-state index in [2.05, 4.69) is 5.32 Å². The minimum Gasteiger partial charge on any atom is -0.497 e. The van der Waals surface area contributed by atoms with Crippen LogP contribution in [0.25, 0.3) is 0 Å². The average Bonchev–Trinajstić information content (AvgIpc) is 3.58. The lowest BCUT2D eigenvalue weighted by Crippen LogP contribution is -2.47. The number of benzene rings is 2. The minimum atomic E-state index is -0.397. The molecule has 3 amide bonds. The zero-order chi connectivity index (χ0) is 26.4. The van der Waals surface area contributed by atoms with Crippen LogP contribution in [-0.2, 0) is 17.9 Å². The smallest absolute Gasteiger partial charge is 0.322 e. The highest BCUT2D eigenvalue weighted by Crippen LogP contribution is 2.33. The maximum absolute atomic E-state index is 13.6. The Labute approximate surface area is 220 Å². The quantitative estimate of drug-likeness (QED) is 0.402. The van der Waals surface area contributed by atoms with E-state index in [1.54, 1.807) is 41.5 Å². The molecule has 0 aliphatic carbocycles. The van der Waals surface area contributed by atoms with Gasteiger partial charge in [0.05, 0.1) is 26.5 Å². The highest BCUT2D eigenvalue weighted by atomic mass is 32.1. The Morgan fingerprint density at radius 2 is 1.84 bits per heavy atom. The lowest BCUT2D eigenvalue weighted by molar-refractivity contribution is -0.133. The van der Waals surface area contributed by atoms with E-state index >= 15 is 0 Å². The maximum atomic E-state index is 13.6. The Balaban J connectivity index is 1.51. The number of urea groups is 1. The van der Waals surface area contributed by atoms with E-state index in [-0.39, 0.29) is 25.3 Å². The first kappa shape index (κ1) is 26.2. The molecule has 0 bridgehead atoms. The number of hydrogen-bond acceptors (Lipinski definition) is 7. The minimum absolute atomic E-state index is 0.0854. The fraction of sp³-hybridized carbons (Fsp3) is 0.333. The molecule has 2 aromatic carbocycles. The van der Waals surface area contributed by atoms with E-state index in [4.69, 9.17) is 18.9 Å². The molecule has 0 unspecified atom stereocenters. The summed E-state index contributed by atoms with van der Waals surface area (Å²) < 4.78 is 21.5. The number of carbonyl (C=O) groups is 2. The molecule has 10 heteroatoms. The van der Waals surface area contributed by atoms with E-state index in [0.717, 1.165) is 10.4 Å². The first-order chi connectivity index (χ1) is 17.9. The van der Waals surface area contributed by atoms with Crippen LogP contribution in [0, 0.1) is 0 Å². The summed E-state index contributed by atoms with van der Waals surface area (Å²) >= 11 is 1.58. The number of fused-ring (bicyclic) bond motifs is 1. The second-order valence-electron chi connectivity index (χ2n) is 8.73. The first-order valence-electron chi connectivity index (χ1n) is 11.9. The molecule has 2 heterocycles. The molecular formula is C27H31N3O6S. The molecule has 4 rings (SSSR count). The molecule has 9 nitrogen and oxygen atoms in total. The molecule has 0 fully saturated rings. The molecular weight excluding hydrogens is 494 g/mol. The Hall–Kier alpha value is -3.92. The van der Waals surface area contributed by atoms with Crippen molar-refractivity contribution < 1.29 is 28.5 Å². The van der Waals surface area contributed by atoms with Crippen molar-refractivity contribution in [1.82, 2.24) is 9.80 Å². The summed E-state index contributed by atoms with van der Waals surface area (Å²) in [5, 5.41) is 4.85. The van der Waals surface area contributed by atoms with Crippen molar-refractivity contribution in [2.24, 2.45) is 0 Å². The summed E-state index contributed by atoms with van der Waals surface area (Å²) in [6.07, 6.45) is 0. The average molecular weight is 526 g/mol. The van der Waals surface area contributed by atoms with Crippen molar-refractivity contribution >= 4 is 29.0 Å². The van der Waals surface area contributed by atoms with Crippen LogP contribution < -0.4 is 24.3 Å². The van der Waals surface area contributed by atoms with E-state index < -0.39 is 6.03 Å². The van der Waals surface area contributed by atoms with Crippen molar-refractivity contribution in [3.63, 3.8) is 0 Å². The van der Waals surface area contributed by atoms with Crippen LogP contribution in [0.3, 0.4) is 0 Å². The molecule has 1 aliphatic heterocycles. The van der Waals surface area contributed by atoms with Crippen LogP contribution in [0.5, 0.6) is 23.0 Å². The van der Waals surface area contributed by atoms with E-state index in [1.165, 1.54) is 12.0 Å². The fourth-order valence-corrected chi connectivity index (χ4v) is 4.63. The maximum Gasteiger partial charge on any atom is 0.322 e. The second-order valence-corrected chi connectivity index (χ2v) is 9.77. The largest absolute Gasteiger partial charge is 0.497 e. The molecule has 0 atom stereocenters. The molecule has 0 spiro atoms. The van der Waals surface area contributed by atoms with Crippen LogP contribution in [-0.4, -0.2) is 55.3 Å². The van der Waals surface area contributed by atoms with Gasteiger partial charge in [0.1, 0.15) is 18.0 Å². The number of rotatable bonds is 10. The van der Waals surface area contributed by atoms with E-state index in [1.807, 2.05) is 49.6 Å². The Bertz CT molecular complexity index is 1230. The highest BCUT2D eigenvalue weighted by molar-refractivity contribution is 7.09. The number of amides is 3. The number of methoxy groups -OCH3 is 2. The van der Waals surface area contributed by atoms with Gasteiger partial charge in [-0.3, -0.25) is 4.79 Å². The van der Waals surface area contributed by atoms with Gasteiger partial charge in [0.15, 0.2) is 11.5 Å². The van der Waals surface area contributed by atoms with Gasteiger partial charge in [-0.05, 0) is 55.1 Å². The van der Waals surface area contributed by atoms with Gasteiger partial charge in [0.2, 0.25) is 12.7 Å². The topological polar surface area (TPSA) is 89.6 Å². The molecule has 3 aromatic rings. The molecule has 196 valence electrons. The van der Waals surface area contributed by atoms with Gasteiger partial charge >= 0.3 is 6.03 Å². The fourth-order valence-electron chi connectivity index (χ4n) is 3.91. The third kappa shape index (κ3) is 6.45. The Kier molecular flexibility index (Phi) is 8.39. The number of anilines is 1. The van der Waals surface area contributed by atoms with Crippen LogP contribution in [0.2, 0.25) is 0 Å². The number of nitrogens with zero attached hydrogens (tertiary/aromatic N) is 2. The number of thiophene rings is 1. The summed E-state index contributed by atoms with van der Waals surface area (Å²) in [5.74, 6) is 2.26. The summed E-state index contributed by atoms with van der Waals surface area (Å²) in [5.41, 5.74) is 1.40.